The number of carbonyl (C=O) groups excluding carboxylic acids is 1. The van der Waals surface area contributed by atoms with Crippen LogP contribution < -0.4 is 0 Å². The van der Waals surface area contributed by atoms with Gasteiger partial charge in [-0.3, -0.25) is 9.59 Å². The van der Waals surface area contributed by atoms with Crippen LogP contribution in [-0.4, -0.2) is 71.0 Å². The number of unbranched alkanes of at least 4 members (excludes halogenated alkanes) is 7. The number of allylic oxidation sites excluding steroid dienone is 2. The van der Waals surface area contributed by atoms with E-state index >= 15 is 0 Å². The van der Waals surface area contributed by atoms with Crippen molar-refractivity contribution in [3.05, 3.63) is 12.2 Å². The first-order valence-electron chi connectivity index (χ1n) is 12.2. The highest BCUT2D eigenvalue weighted by Gasteiger charge is 2.36. The maximum Gasteiger partial charge on any atom is 0.316 e. The van der Waals surface area contributed by atoms with E-state index in [1.165, 1.54) is 19.3 Å². The molecule has 0 saturated heterocycles. The fourth-order valence-electron chi connectivity index (χ4n) is 3.69. The van der Waals surface area contributed by atoms with E-state index in [9.17, 15) is 19.8 Å². The van der Waals surface area contributed by atoms with Crippen molar-refractivity contribution in [3.63, 3.8) is 0 Å². The summed E-state index contributed by atoms with van der Waals surface area (Å²) in [5.41, 5.74) is 0. The van der Waals surface area contributed by atoms with Crippen LogP contribution in [0.4, 0.5) is 0 Å². The van der Waals surface area contributed by atoms with E-state index in [0.29, 0.717) is 10.9 Å². The first kappa shape index (κ1) is 31.4. The van der Waals surface area contributed by atoms with E-state index < -0.39 is 18.0 Å². The second-order valence-electron chi connectivity index (χ2n) is 9.86. The number of carbonyl (C=O) groups is 2. The maximum absolute atomic E-state index is 12.3. The smallest absolute Gasteiger partial charge is 0.316 e. The van der Waals surface area contributed by atoms with Gasteiger partial charge in [-0.2, -0.15) is 0 Å². The zero-order chi connectivity index (χ0) is 24.6. The van der Waals surface area contributed by atoms with Crippen LogP contribution in [0.25, 0.3) is 0 Å². The average molecular weight is 496 g/mol. The first-order chi connectivity index (χ1) is 15.0. The summed E-state index contributed by atoms with van der Waals surface area (Å²) in [5.74, 6) is -2.96. The van der Waals surface area contributed by atoms with Crippen LogP contribution in [0.5, 0.6) is 0 Å². The molecule has 7 heteroatoms. The van der Waals surface area contributed by atoms with Gasteiger partial charge in [0.05, 0.1) is 31.9 Å². The predicted molar refractivity (Wildman–Crippen MR) is 135 cm³/mol. The predicted octanol–water partition coefficient (Wildman–Crippen LogP) is 5.80. The number of hydrogen-bond acceptors (Lipinski definition) is 3. The lowest BCUT2D eigenvalue weighted by Gasteiger charge is -2.28. The second-order valence-corrected chi connectivity index (χ2v) is 11.0. The third-order valence-electron chi connectivity index (χ3n) is 5.53. The van der Waals surface area contributed by atoms with E-state index in [4.69, 9.17) is 23.2 Å². The molecule has 0 aromatic heterocycles. The minimum atomic E-state index is -1.34. The lowest BCUT2D eigenvalue weighted by atomic mass is 9.93. The highest BCUT2D eigenvalue weighted by Crippen LogP contribution is 2.21. The van der Waals surface area contributed by atoms with Crippen LogP contribution in [0.3, 0.4) is 0 Å². The quantitative estimate of drug-likeness (QED) is 0.0737. The highest BCUT2D eigenvalue weighted by molar-refractivity contribution is 6.30. The van der Waals surface area contributed by atoms with Crippen LogP contribution in [0.1, 0.15) is 84.0 Å². The zero-order valence-corrected chi connectivity index (χ0v) is 22.1. The molecular weight excluding hydrogens is 449 g/mol. The molecule has 0 amide bonds. The number of halogens is 2. The molecule has 0 radical (unpaired) electrons. The van der Waals surface area contributed by atoms with E-state index in [1.54, 1.807) is 0 Å². The molecule has 0 aliphatic carbocycles. The van der Waals surface area contributed by atoms with Crippen molar-refractivity contribution in [2.24, 2.45) is 5.92 Å². The molecule has 0 bridgehead atoms. The summed E-state index contributed by atoms with van der Waals surface area (Å²) in [7, 11) is 5.57. The molecular formula is C25H46Cl2NO4+. The van der Waals surface area contributed by atoms with Gasteiger partial charge in [-0.25, -0.2) is 0 Å². The number of nitrogens with zero attached hydrogens (tertiary/aromatic N) is 1. The standard InChI is InChI=1S/C25H45Cl2NO4/c1-5-6-7-8-10-13-16-20(26)21(27)17-14-11-9-12-15-18-22(29)24(25(31)32)23(30)19-28(2,3)4/h10,13,20-21,23-24,30H,5-9,11-12,14-19H2,1-4H3/p+1/b13-10-. The fourth-order valence-corrected chi connectivity index (χ4v) is 4.18. The van der Waals surface area contributed by atoms with Gasteiger partial charge < -0.3 is 14.7 Å². The van der Waals surface area contributed by atoms with Gasteiger partial charge >= 0.3 is 5.97 Å². The van der Waals surface area contributed by atoms with Crippen LogP contribution in [-0.2, 0) is 9.59 Å². The summed E-state index contributed by atoms with van der Waals surface area (Å²) in [5, 5.41) is 19.5. The Morgan fingerprint density at radius 1 is 0.906 bits per heavy atom. The Hall–Kier alpha value is -0.620. The molecule has 0 aromatic carbocycles. The van der Waals surface area contributed by atoms with Crippen molar-refractivity contribution in [2.45, 2.75) is 101 Å². The zero-order valence-electron chi connectivity index (χ0n) is 20.6. The molecule has 0 aromatic rings. The molecule has 2 N–H and O–H groups in total. The number of ketones is 1. The van der Waals surface area contributed by atoms with Gasteiger partial charge in [0.25, 0.3) is 0 Å². The Morgan fingerprint density at radius 2 is 1.53 bits per heavy atom. The molecule has 32 heavy (non-hydrogen) atoms. The molecule has 0 spiro atoms. The maximum atomic E-state index is 12.3. The van der Waals surface area contributed by atoms with Gasteiger partial charge in [0, 0.05) is 6.42 Å². The summed E-state index contributed by atoms with van der Waals surface area (Å²) < 4.78 is 0.401. The number of likely N-dealkylation sites (N-methyl/N-ethyl adjacent to an activating group) is 1. The molecule has 188 valence electrons. The highest BCUT2D eigenvalue weighted by atomic mass is 35.5. The summed E-state index contributed by atoms with van der Waals surface area (Å²) in [4.78, 5) is 23.8. The fraction of sp³-hybridized carbons (Fsp3) is 0.840. The molecule has 0 heterocycles. The summed E-state index contributed by atoms with van der Waals surface area (Å²) in [6.07, 6.45) is 14.3. The molecule has 0 aliphatic rings. The van der Waals surface area contributed by atoms with Crippen molar-refractivity contribution in [1.29, 1.82) is 0 Å². The van der Waals surface area contributed by atoms with Crippen LogP contribution in [0.15, 0.2) is 12.2 Å². The monoisotopic (exact) mass is 494 g/mol. The number of hydrogen-bond donors (Lipinski definition) is 2. The van der Waals surface area contributed by atoms with E-state index in [-0.39, 0.29) is 29.5 Å². The van der Waals surface area contributed by atoms with Crippen molar-refractivity contribution < 1.29 is 24.3 Å². The van der Waals surface area contributed by atoms with Crippen LogP contribution in [0.2, 0.25) is 0 Å². The number of quaternary nitrogens is 1. The molecule has 4 atom stereocenters. The Bertz CT molecular complexity index is 549. The number of Topliss-reactive ketones (excluding diaryl/α,β-unsaturated/α-hetero) is 1. The average Bonchev–Trinajstić information content (AvgIpc) is 2.67. The van der Waals surface area contributed by atoms with Crippen molar-refractivity contribution in [3.8, 4) is 0 Å². The van der Waals surface area contributed by atoms with Crippen molar-refractivity contribution in [1.82, 2.24) is 0 Å². The Labute approximate surface area is 205 Å². The normalized spacial score (nSPS) is 16.1. The van der Waals surface area contributed by atoms with Gasteiger partial charge in [0.15, 0.2) is 0 Å². The van der Waals surface area contributed by atoms with Gasteiger partial charge in [0.1, 0.15) is 24.3 Å². The number of rotatable bonds is 20. The van der Waals surface area contributed by atoms with Gasteiger partial charge in [-0.05, 0) is 32.1 Å². The minimum Gasteiger partial charge on any atom is -0.481 e. The Morgan fingerprint density at radius 3 is 2.12 bits per heavy atom. The van der Waals surface area contributed by atoms with Gasteiger partial charge in [-0.1, -0.05) is 57.6 Å². The Kier molecular flexibility index (Phi) is 17.5. The minimum absolute atomic E-state index is 0.0439. The molecule has 5 nitrogen and oxygen atoms in total. The lowest BCUT2D eigenvalue weighted by Crippen LogP contribution is -2.47. The van der Waals surface area contributed by atoms with E-state index in [0.717, 1.165) is 44.9 Å². The molecule has 4 unspecified atom stereocenters. The number of aliphatic carboxylic acids is 1. The van der Waals surface area contributed by atoms with Crippen LogP contribution in [0, 0.1) is 5.92 Å². The molecule has 0 fully saturated rings. The first-order valence-corrected chi connectivity index (χ1v) is 13.0. The number of carboxylic acid groups (broad SMARTS) is 1. The largest absolute Gasteiger partial charge is 0.481 e. The van der Waals surface area contributed by atoms with Gasteiger partial charge in [0.2, 0.25) is 0 Å². The summed E-state index contributed by atoms with van der Waals surface area (Å²) >= 11 is 12.8. The van der Waals surface area contributed by atoms with Crippen molar-refractivity contribution >= 4 is 35.0 Å². The van der Waals surface area contributed by atoms with Crippen molar-refractivity contribution in [2.75, 3.05) is 27.7 Å². The number of aliphatic hydroxyl groups excluding tert-OH is 1. The summed E-state index contributed by atoms with van der Waals surface area (Å²) in [6, 6.07) is 0. The summed E-state index contributed by atoms with van der Waals surface area (Å²) in [6.45, 7) is 2.42. The Balaban J connectivity index is 4.01. The molecule has 0 saturated carbocycles. The van der Waals surface area contributed by atoms with Gasteiger partial charge in [-0.15, -0.1) is 23.2 Å². The third kappa shape index (κ3) is 16.1. The second kappa shape index (κ2) is 17.8. The SMILES string of the molecule is CCCCC/C=C\CC(Cl)C(Cl)CCCCCCCC(=O)C(C(=O)O)C(O)C[N+](C)(C)C. The van der Waals surface area contributed by atoms with E-state index in [1.807, 2.05) is 21.1 Å². The van der Waals surface area contributed by atoms with Crippen LogP contribution >= 0.6 is 23.2 Å². The third-order valence-corrected chi connectivity index (χ3v) is 6.66. The molecule has 0 rings (SSSR count). The van der Waals surface area contributed by atoms with E-state index in [2.05, 4.69) is 19.1 Å². The topological polar surface area (TPSA) is 74.6 Å². The molecule has 0 aliphatic heterocycles. The number of carboxylic acids is 1. The lowest BCUT2D eigenvalue weighted by molar-refractivity contribution is -0.873. The number of alkyl halides is 2. The number of aliphatic hydroxyl groups is 1.